The van der Waals surface area contributed by atoms with E-state index in [0.717, 1.165) is 25.7 Å². The summed E-state index contributed by atoms with van der Waals surface area (Å²) in [5.41, 5.74) is 0.620. The van der Waals surface area contributed by atoms with Gasteiger partial charge in [-0.1, -0.05) is 31.5 Å². The van der Waals surface area contributed by atoms with E-state index in [1.165, 1.54) is 6.07 Å². The molecule has 1 fully saturated rings. The van der Waals surface area contributed by atoms with Crippen molar-refractivity contribution in [2.24, 2.45) is 0 Å². The summed E-state index contributed by atoms with van der Waals surface area (Å²) in [4.78, 5) is 14.0. The quantitative estimate of drug-likeness (QED) is 0.755. The van der Waals surface area contributed by atoms with Crippen LogP contribution in [0.25, 0.3) is 0 Å². The first-order chi connectivity index (χ1) is 8.72. The van der Waals surface area contributed by atoms with E-state index in [2.05, 4.69) is 6.92 Å². The third-order valence-corrected chi connectivity index (χ3v) is 3.35. The maximum absolute atomic E-state index is 13.6. The summed E-state index contributed by atoms with van der Waals surface area (Å²) in [5.74, 6) is -0.0472. The number of hydrogen-bond donors (Lipinski definition) is 0. The van der Waals surface area contributed by atoms with Gasteiger partial charge in [-0.2, -0.15) is 0 Å². The highest BCUT2D eigenvalue weighted by atomic mass is 19.1. The second-order valence-electron chi connectivity index (χ2n) is 4.95. The lowest BCUT2D eigenvalue weighted by Crippen LogP contribution is -2.32. The van der Waals surface area contributed by atoms with Crippen LogP contribution < -0.4 is 0 Å². The number of halogens is 1. The smallest absolute Gasteiger partial charge is 0.223 e. The second kappa shape index (κ2) is 5.98. The van der Waals surface area contributed by atoms with Crippen LogP contribution in [-0.2, 0) is 11.3 Å². The molecule has 98 valence electrons. The average molecular weight is 249 g/mol. The van der Waals surface area contributed by atoms with E-state index >= 15 is 0 Å². The lowest BCUT2D eigenvalue weighted by atomic mass is 10.1. The van der Waals surface area contributed by atoms with Crippen molar-refractivity contribution in [3.05, 3.63) is 35.6 Å². The molecular formula is C15H20FNO. The van der Waals surface area contributed by atoms with Gasteiger partial charge in [-0.05, 0) is 25.3 Å². The minimum Gasteiger partial charge on any atom is -0.335 e. The van der Waals surface area contributed by atoms with E-state index in [9.17, 15) is 9.18 Å². The zero-order valence-corrected chi connectivity index (χ0v) is 10.9. The molecule has 3 heteroatoms. The highest BCUT2D eigenvalue weighted by Gasteiger charge is 2.32. The van der Waals surface area contributed by atoms with Crippen molar-refractivity contribution in [2.75, 3.05) is 0 Å². The van der Waals surface area contributed by atoms with Gasteiger partial charge in [0.15, 0.2) is 0 Å². The molecule has 0 spiro atoms. The van der Waals surface area contributed by atoms with Crippen LogP contribution in [0.4, 0.5) is 4.39 Å². The molecule has 0 heterocycles. The standard InChI is InChI=1S/C15H20FNO/c1-2-3-8-15(18)17(13-9-10-13)11-12-6-4-5-7-14(12)16/h4-7,13H,2-3,8-11H2,1H3. The topological polar surface area (TPSA) is 20.3 Å². The van der Waals surface area contributed by atoms with E-state index in [4.69, 9.17) is 0 Å². The van der Waals surface area contributed by atoms with Crippen LogP contribution in [0.3, 0.4) is 0 Å². The predicted molar refractivity (Wildman–Crippen MR) is 69.5 cm³/mol. The Hall–Kier alpha value is -1.38. The van der Waals surface area contributed by atoms with Crippen LogP contribution in [0.5, 0.6) is 0 Å². The summed E-state index contributed by atoms with van der Waals surface area (Å²) in [6, 6.07) is 7.06. The van der Waals surface area contributed by atoms with Gasteiger partial charge in [-0.25, -0.2) is 4.39 Å². The van der Waals surface area contributed by atoms with Crippen LogP contribution in [0.2, 0.25) is 0 Å². The summed E-state index contributed by atoms with van der Waals surface area (Å²) >= 11 is 0. The molecule has 1 aromatic rings. The van der Waals surface area contributed by atoms with Gasteiger partial charge in [-0.3, -0.25) is 4.79 Å². The van der Waals surface area contributed by atoms with Crippen molar-refractivity contribution in [3.8, 4) is 0 Å². The zero-order valence-electron chi connectivity index (χ0n) is 10.9. The van der Waals surface area contributed by atoms with Gasteiger partial charge in [-0.15, -0.1) is 0 Å². The molecule has 0 atom stereocenters. The molecule has 0 aromatic heterocycles. The van der Waals surface area contributed by atoms with E-state index in [-0.39, 0.29) is 11.7 Å². The molecule has 2 nitrogen and oxygen atoms in total. The summed E-state index contributed by atoms with van der Waals surface area (Å²) < 4.78 is 13.6. The lowest BCUT2D eigenvalue weighted by Gasteiger charge is -2.22. The van der Waals surface area contributed by atoms with Crippen molar-refractivity contribution in [2.45, 2.75) is 51.6 Å². The molecule has 18 heavy (non-hydrogen) atoms. The van der Waals surface area contributed by atoms with Crippen LogP contribution in [-0.4, -0.2) is 16.8 Å². The third-order valence-electron chi connectivity index (χ3n) is 3.35. The minimum absolute atomic E-state index is 0.169. The SMILES string of the molecule is CCCCC(=O)N(Cc1ccccc1F)C1CC1. The molecule has 0 unspecified atom stereocenters. The first-order valence-electron chi connectivity index (χ1n) is 6.75. The maximum Gasteiger partial charge on any atom is 0.223 e. The number of benzene rings is 1. The normalized spacial score (nSPS) is 14.6. The van der Waals surface area contributed by atoms with Gasteiger partial charge < -0.3 is 4.90 Å². The van der Waals surface area contributed by atoms with Crippen molar-refractivity contribution in [1.82, 2.24) is 4.90 Å². The summed E-state index contributed by atoms with van der Waals surface area (Å²) in [6.45, 7) is 2.49. The van der Waals surface area contributed by atoms with Crippen LogP contribution in [0.15, 0.2) is 24.3 Å². The van der Waals surface area contributed by atoms with Crippen molar-refractivity contribution >= 4 is 5.91 Å². The van der Waals surface area contributed by atoms with Crippen molar-refractivity contribution in [3.63, 3.8) is 0 Å². The molecule has 1 aromatic carbocycles. The Morgan fingerprint density at radius 2 is 2.11 bits per heavy atom. The Morgan fingerprint density at radius 3 is 2.72 bits per heavy atom. The summed E-state index contributed by atoms with van der Waals surface area (Å²) in [7, 11) is 0. The van der Waals surface area contributed by atoms with Gasteiger partial charge in [0.2, 0.25) is 5.91 Å². The number of carbonyl (C=O) groups excluding carboxylic acids is 1. The number of hydrogen-bond acceptors (Lipinski definition) is 1. The highest BCUT2D eigenvalue weighted by molar-refractivity contribution is 5.76. The third kappa shape index (κ3) is 3.31. The van der Waals surface area contributed by atoms with Crippen LogP contribution in [0.1, 0.15) is 44.6 Å². The first-order valence-corrected chi connectivity index (χ1v) is 6.75. The van der Waals surface area contributed by atoms with E-state index < -0.39 is 0 Å². The largest absolute Gasteiger partial charge is 0.335 e. The monoisotopic (exact) mass is 249 g/mol. The molecule has 0 aliphatic heterocycles. The zero-order chi connectivity index (χ0) is 13.0. The molecule has 1 aliphatic rings. The molecule has 2 rings (SSSR count). The fourth-order valence-corrected chi connectivity index (χ4v) is 2.09. The van der Waals surface area contributed by atoms with Gasteiger partial charge in [0.1, 0.15) is 5.82 Å². The molecule has 0 N–H and O–H groups in total. The molecule has 0 bridgehead atoms. The van der Waals surface area contributed by atoms with Crippen LogP contribution >= 0.6 is 0 Å². The Bertz CT molecular complexity index is 415. The number of amides is 1. The second-order valence-corrected chi connectivity index (χ2v) is 4.95. The fraction of sp³-hybridized carbons (Fsp3) is 0.533. The maximum atomic E-state index is 13.6. The van der Waals surface area contributed by atoms with E-state index in [0.29, 0.717) is 24.6 Å². The predicted octanol–water partition coefficient (Wildman–Crippen LogP) is 3.51. The molecule has 0 saturated heterocycles. The molecule has 0 radical (unpaired) electrons. The highest BCUT2D eigenvalue weighted by Crippen LogP contribution is 2.29. The molecular weight excluding hydrogens is 229 g/mol. The van der Waals surface area contributed by atoms with Gasteiger partial charge >= 0.3 is 0 Å². The number of nitrogens with zero attached hydrogens (tertiary/aromatic N) is 1. The van der Waals surface area contributed by atoms with Gasteiger partial charge in [0.05, 0.1) is 0 Å². The number of unbranched alkanes of at least 4 members (excludes halogenated alkanes) is 1. The Labute approximate surface area is 108 Å². The molecule has 1 aliphatic carbocycles. The summed E-state index contributed by atoms with van der Waals surface area (Å²) in [6.07, 6.45) is 4.64. The van der Waals surface area contributed by atoms with Gasteiger partial charge in [0.25, 0.3) is 0 Å². The average Bonchev–Trinajstić information content (AvgIpc) is 3.19. The minimum atomic E-state index is -0.216. The Balaban J connectivity index is 2.02. The van der Waals surface area contributed by atoms with Gasteiger partial charge in [0, 0.05) is 24.6 Å². The van der Waals surface area contributed by atoms with E-state index in [1.54, 1.807) is 12.1 Å². The van der Waals surface area contributed by atoms with Crippen molar-refractivity contribution < 1.29 is 9.18 Å². The first kappa shape index (κ1) is 13.1. The Kier molecular flexibility index (Phi) is 4.34. The summed E-state index contributed by atoms with van der Waals surface area (Å²) in [5, 5.41) is 0. The van der Waals surface area contributed by atoms with Crippen molar-refractivity contribution in [1.29, 1.82) is 0 Å². The number of rotatable bonds is 6. The van der Waals surface area contributed by atoms with E-state index in [1.807, 2.05) is 11.0 Å². The molecule has 1 saturated carbocycles. The fourth-order valence-electron chi connectivity index (χ4n) is 2.09. The Morgan fingerprint density at radius 1 is 1.39 bits per heavy atom. The lowest BCUT2D eigenvalue weighted by molar-refractivity contribution is -0.132. The van der Waals surface area contributed by atoms with Crippen LogP contribution in [0, 0.1) is 5.82 Å². The molecule has 1 amide bonds. The number of carbonyl (C=O) groups is 1.